The molecule has 1 heterocycles. The van der Waals surface area contributed by atoms with Gasteiger partial charge in [0.1, 0.15) is 0 Å². The Bertz CT molecular complexity index is 695. The second-order valence-corrected chi connectivity index (χ2v) is 8.06. The average molecular weight is 348 g/mol. The predicted octanol–water partition coefficient (Wildman–Crippen LogP) is 3.25. The molecule has 0 aliphatic heterocycles. The smallest absolute Gasteiger partial charge is 0.252 e. The number of hydrogen-bond acceptors (Lipinski definition) is 5. The number of nitrogens with one attached hydrogen (secondary N) is 1. The summed E-state index contributed by atoms with van der Waals surface area (Å²) in [6.07, 6.45) is 1.98. The fraction of sp³-hybridized carbons (Fsp3) is 0.412. The lowest BCUT2D eigenvalue weighted by atomic mass is 10.1. The van der Waals surface area contributed by atoms with Gasteiger partial charge < -0.3 is 10.4 Å². The van der Waals surface area contributed by atoms with E-state index in [-0.39, 0.29) is 17.9 Å². The fourth-order valence-corrected chi connectivity index (χ4v) is 4.00. The summed E-state index contributed by atoms with van der Waals surface area (Å²) in [7, 11) is 0. The minimum atomic E-state index is -0.0735. The summed E-state index contributed by atoms with van der Waals surface area (Å²) < 4.78 is 0. The minimum Gasteiger partial charge on any atom is -0.396 e. The highest BCUT2D eigenvalue weighted by Gasteiger charge is 2.42. The topological polar surface area (TPSA) is 62.2 Å². The molecule has 1 aromatic heterocycles. The lowest BCUT2D eigenvalue weighted by Crippen LogP contribution is -2.32. The van der Waals surface area contributed by atoms with Crippen molar-refractivity contribution in [2.75, 3.05) is 13.2 Å². The van der Waals surface area contributed by atoms with Crippen molar-refractivity contribution in [3.05, 3.63) is 45.9 Å². The van der Waals surface area contributed by atoms with E-state index in [2.05, 4.69) is 15.7 Å². The van der Waals surface area contributed by atoms with E-state index in [1.54, 1.807) is 23.1 Å². The van der Waals surface area contributed by atoms with Crippen LogP contribution in [0.25, 0.3) is 0 Å². The molecule has 23 heavy (non-hydrogen) atoms. The summed E-state index contributed by atoms with van der Waals surface area (Å²) in [5, 5.41) is 15.4. The van der Waals surface area contributed by atoms with Crippen molar-refractivity contribution < 1.29 is 9.90 Å². The van der Waals surface area contributed by atoms with Crippen LogP contribution >= 0.6 is 23.1 Å². The summed E-state index contributed by atoms with van der Waals surface area (Å²) >= 11 is 3.27. The Labute approximate surface area is 144 Å². The maximum Gasteiger partial charge on any atom is 0.252 e. The van der Waals surface area contributed by atoms with Crippen molar-refractivity contribution in [2.24, 2.45) is 5.41 Å². The van der Waals surface area contributed by atoms with Crippen LogP contribution in [0.1, 0.15) is 33.9 Å². The van der Waals surface area contributed by atoms with Crippen molar-refractivity contribution >= 4 is 29.0 Å². The lowest BCUT2D eigenvalue weighted by Gasteiger charge is -2.14. The minimum absolute atomic E-state index is 0.0673. The highest BCUT2D eigenvalue weighted by molar-refractivity contribution is 7.98. The Morgan fingerprint density at radius 1 is 1.43 bits per heavy atom. The molecule has 3 rings (SSSR count). The number of aryl methyl sites for hydroxylation is 1. The molecule has 0 bridgehead atoms. The van der Waals surface area contributed by atoms with Crippen LogP contribution in [0, 0.1) is 12.3 Å². The SMILES string of the molecule is Cc1nc(CSc2ccccc2C(=O)NCC2(CO)CC2)cs1. The molecule has 4 nitrogen and oxygen atoms in total. The molecule has 2 N–H and O–H groups in total. The molecule has 2 aromatic rings. The second-order valence-electron chi connectivity index (χ2n) is 5.98. The van der Waals surface area contributed by atoms with Gasteiger partial charge in [-0.25, -0.2) is 4.98 Å². The zero-order chi connectivity index (χ0) is 16.3. The number of thiazole rings is 1. The first-order valence-electron chi connectivity index (χ1n) is 7.64. The summed E-state index contributed by atoms with van der Waals surface area (Å²) in [4.78, 5) is 17.9. The molecule has 0 saturated heterocycles. The van der Waals surface area contributed by atoms with Gasteiger partial charge in [-0.1, -0.05) is 12.1 Å². The Kier molecular flexibility index (Phi) is 5.04. The van der Waals surface area contributed by atoms with E-state index in [1.165, 1.54) is 0 Å². The monoisotopic (exact) mass is 348 g/mol. The van der Waals surface area contributed by atoms with E-state index in [0.29, 0.717) is 12.1 Å². The molecule has 122 valence electrons. The predicted molar refractivity (Wildman–Crippen MR) is 93.9 cm³/mol. The first kappa shape index (κ1) is 16.5. The summed E-state index contributed by atoms with van der Waals surface area (Å²) in [5.41, 5.74) is 1.67. The van der Waals surface area contributed by atoms with E-state index >= 15 is 0 Å². The summed E-state index contributed by atoms with van der Waals surface area (Å²) in [6.45, 7) is 2.69. The summed E-state index contributed by atoms with van der Waals surface area (Å²) in [5.74, 6) is 0.692. The molecule has 1 fully saturated rings. The number of carbonyl (C=O) groups is 1. The average Bonchev–Trinajstić information content (AvgIpc) is 3.25. The van der Waals surface area contributed by atoms with Crippen LogP contribution in [0.3, 0.4) is 0 Å². The number of aromatic nitrogens is 1. The van der Waals surface area contributed by atoms with E-state index in [9.17, 15) is 9.90 Å². The van der Waals surface area contributed by atoms with Gasteiger partial charge in [-0.15, -0.1) is 23.1 Å². The Balaban J connectivity index is 1.63. The number of amides is 1. The molecule has 0 radical (unpaired) electrons. The van der Waals surface area contributed by atoms with Crippen LogP contribution in [0.4, 0.5) is 0 Å². The Morgan fingerprint density at radius 3 is 2.87 bits per heavy atom. The van der Waals surface area contributed by atoms with Crippen molar-refractivity contribution in [3.63, 3.8) is 0 Å². The van der Waals surface area contributed by atoms with Gasteiger partial charge in [-0.3, -0.25) is 4.79 Å². The molecule has 0 spiro atoms. The van der Waals surface area contributed by atoms with Crippen molar-refractivity contribution in [1.82, 2.24) is 10.3 Å². The van der Waals surface area contributed by atoms with Gasteiger partial charge >= 0.3 is 0 Å². The number of hydrogen-bond donors (Lipinski definition) is 2. The summed E-state index contributed by atoms with van der Waals surface area (Å²) in [6, 6.07) is 7.65. The van der Waals surface area contributed by atoms with Gasteiger partial charge in [0.2, 0.25) is 0 Å². The van der Waals surface area contributed by atoms with Gasteiger partial charge in [0, 0.05) is 28.0 Å². The molecular weight excluding hydrogens is 328 g/mol. The van der Waals surface area contributed by atoms with E-state index < -0.39 is 0 Å². The number of thioether (sulfide) groups is 1. The van der Waals surface area contributed by atoms with Gasteiger partial charge in [0.15, 0.2) is 0 Å². The highest BCUT2D eigenvalue weighted by atomic mass is 32.2. The molecule has 0 unspecified atom stereocenters. The van der Waals surface area contributed by atoms with Crippen molar-refractivity contribution in [2.45, 2.75) is 30.4 Å². The molecule has 1 amide bonds. The van der Waals surface area contributed by atoms with E-state index in [4.69, 9.17) is 0 Å². The normalized spacial score (nSPS) is 15.4. The first-order chi connectivity index (χ1) is 11.1. The zero-order valence-corrected chi connectivity index (χ0v) is 14.7. The van der Waals surface area contributed by atoms with Crippen LogP contribution < -0.4 is 5.32 Å². The molecule has 0 atom stereocenters. The number of carbonyl (C=O) groups excluding carboxylic acids is 1. The van der Waals surface area contributed by atoms with Crippen LogP contribution in [0.5, 0.6) is 0 Å². The molecular formula is C17H20N2O2S2. The third kappa shape index (κ3) is 4.13. The van der Waals surface area contributed by atoms with Crippen molar-refractivity contribution in [3.8, 4) is 0 Å². The largest absolute Gasteiger partial charge is 0.396 e. The molecule has 1 aliphatic carbocycles. The number of benzene rings is 1. The van der Waals surface area contributed by atoms with Gasteiger partial charge in [0.05, 0.1) is 22.9 Å². The van der Waals surface area contributed by atoms with E-state index in [0.717, 1.165) is 34.2 Å². The molecule has 1 saturated carbocycles. The van der Waals surface area contributed by atoms with Crippen LogP contribution in [0.15, 0.2) is 34.5 Å². The number of rotatable bonds is 7. The van der Waals surface area contributed by atoms with Crippen LogP contribution in [-0.4, -0.2) is 29.1 Å². The van der Waals surface area contributed by atoms with Crippen LogP contribution in [0.2, 0.25) is 0 Å². The zero-order valence-electron chi connectivity index (χ0n) is 13.0. The van der Waals surface area contributed by atoms with Crippen LogP contribution in [-0.2, 0) is 5.75 Å². The maximum atomic E-state index is 12.5. The van der Waals surface area contributed by atoms with Gasteiger partial charge in [-0.05, 0) is 31.9 Å². The van der Waals surface area contributed by atoms with Gasteiger partial charge in [-0.2, -0.15) is 0 Å². The third-order valence-electron chi connectivity index (χ3n) is 4.09. The lowest BCUT2D eigenvalue weighted by molar-refractivity contribution is 0.0932. The molecule has 1 aliphatic rings. The third-order valence-corrected chi connectivity index (χ3v) is 6.02. The quantitative estimate of drug-likeness (QED) is 0.754. The number of nitrogens with zero attached hydrogens (tertiary/aromatic N) is 1. The molecule has 6 heteroatoms. The van der Waals surface area contributed by atoms with Gasteiger partial charge in [0.25, 0.3) is 5.91 Å². The number of aliphatic hydroxyl groups excluding tert-OH is 1. The Hall–Kier alpha value is -1.37. The molecule has 1 aromatic carbocycles. The highest BCUT2D eigenvalue weighted by Crippen LogP contribution is 2.44. The first-order valence-corrected chi connectivity index (χ1v) is 9.50. The fourth-order valence-electron chi connectivity index (χ4n) is 2.34. The second kappa shape index (κ2) is 7.03. The maximum absolute atomic E-state index is 12.5. The number of aliphatic hydroxyl groups is 1. The van der Waals surface area contributed by atoms with E-state index in [1.807, 2.05) is 31.2 Å². The Morgan fingerprint density at radius 2 is 2.22 bits per heavy atom. The van der Waals surface area contributed by atoms with Crippen molar-refractivity contribution in [1.29, 1.82) is 0 Å². The standard InChI is InChI=1S/C17H20N2O2S2/c1-12-19-13(8-22-12)9-23-15-5-3-2-4-14(15)16(21)18-10-17(11-20)6-7-17/h2-5,8,20H,6-7,9-11H2,1H3,(H,18,21).